The minimum Gasteiger partial charge on any atom is -0.492 e. The highest BCUT2D eigenvalue weighted by atomic mass is 35.5. The molecule has 1 aliphatic rings. The molecule has 0 saturated carbocycles. The zero-order valence-electron chi connectivity index (χ0n) is 10.8. The van der Waals surface area contributed by atoms with E-state index in [1.165, 1.54) is 13.8 Å². The Balaban J connectivity index is 2.33. The smallest absolute Gasteiger partial charge is 0.309 e. The molecule has 0 bridgehead atoms. The largest absolute Gasteiger partial charge is 0.492 e. The first-order valence-electron chi connectivity index (χ1n) is 6.03. The molecular formula is C14H15ClO4. The molecule has 0 atom stereocenters. The predicted molar refractivity (Wildman–Crippen MR) is 71.0 cm³/mol. The van der Waals surface area contributed by atoms with Crippen molar-refractivity contribution in [3.63, 3.8) is 0 Å². The zero-order valence-corrected chi connectivity index (χ0v) is 11.6. The van der Waals surface area contributed by atoms with Gasteiger partial charge < -0.3 is 9.84 Å². The van der Waals surface area contributed by atoms with E-state index in [9.17, 15) is 9.59 Å². The monoisotopic (exact) mass is 282 g/mol. The molecule has 0 fully saturated rings. The minimum atomic E-state index is -1.11. The number of benzene rings is 1. The lowest BCUT2D eigenvalue weighted by atomic mass is 9.85. The number of halogens is 1. The van der Waals surface area contributed by atoms with Crippen molar-refractivity contribution in [3.8, 4) is 5.75 Å². The van der Waals surface area contributed by atoms with Gasteiger partial charge in [-0.1, -0.05) is 11.6 Å². The van der Waals surface area contributed by atoms with Gasteiger partial charge in [0.2, 0.25) is 0 Å². The lowest BCUT2D eigenvalue weighted by molar-refractivity contribution is -0.146. The predicted octanol–water partition coefficient (Wildman–Crippen LogP) is 2.96. The molecule has 0 aliphatic carbocycles. The second-order valence-electron chi connectivity index (χ2n) is 5.33. The fourth-order valence-corrected chi connectivity index (χ4v) is 2.29. The first-order chi connectivity index (χ1) is 8.81. The third-order valence-electron chi connectivity index (χ3n) is 3.23. The first kappa shape index (κ1) is 13.9. The zero-order chi connectivity index (χ0) is 14.2. The van der Waals surface area contributed by atoms with E-state index in [2.05, 4.69) is 0 Å². The van der Waals surface area contributed by atoms with Crippen LogP contribution in [0.3, 0.4) is 0 Å². The van der Waals surface area contributed by atoms with Crippen molar-refractivity contribution in [2.75, 3.05) is 6.61 Å². The maximum atomic E-state index is 12.3. The second-order valence-corrected chi connectivity index (χ2v) is 5.77. The van der Waals surface area contributed by atoms with Crippen LogP contribution >= 0.6 is 11.6 Å². The second kappa shape index (κ2) is 4.85. The SMILES string of the molecule is CC(C)(CC(=O)c1cc(Cl)cc2c1OCC2)C(=O)O. The molecule has 2 rings (SSSR count). The van der Waals surface area contributed by atoms with Crippen molar-refractivity contribution in [1.82, 2.24) is 0 Å². The van der Waals surface area contributed by atoms with Crippen LogP contribution in [0, 0.1) is 5.41 Å². The van der Waals surface area contributed by atoms with E-state index in [-0.39, 0.29) is 12.2 Å². The summed E-state index contributed by atoms with van der Waals surface area (Å²) in [7, 11) is 0. The first-order valence-corrected chi connectivity index (χ1v) is 6.41. The Morgan fingerprint density at radius 3 is 2.74 bits per heavy atom. The number of fused-ring (bicyclic) bond motifs is 1. The number of carboxylic acids is 1. The van der Waals surface area contributed by atoms with Gasteiger partial charge in [-0.15, -0.1) is 0 Å². The van der Waals surface area contributed by atoms with Crippen LogP contribution in [-0.4, -0.2) is 23.5 Å². The number of hydrogen-bond acceptors (Lipinski definition) is 3. The molecular weight excluding hydrogens is 268 g/mol. The molecule has 0 saturated heterocycles. The number of carbonyl (C=O) groups is 2. The maximum absolute atomic E-state index is 12.3. The number of rotatable bonds is 4. The van der Waals surface area contributed by atoms with Gasteiger partial charge in [0.25, 0.3) is 0 Å². The van der Waals surface area contributed by atoms with Crippen molar-refractivity contribution < 1.29 is 19.4 Å². The van der Waals surface area contributed by atoms with Gasteiger partial charge >= 0.3 is 5.97 Å². The average molecular weight is 283 g/mol. The van der Waals surface area contributed by atoms with E-state index >= 15 is 0 Å². The number of ketones is 1. The Bertz CT molecular complexity index is 549. The average Bonchev–Trinajstić information content (AvgIpc) is 2.74. The fraction of sp³-hybridized carbons (Fsp3) is 0.429. The molecule has 0 radical (unpaired) electrons. The van der Waals surface area contributed by atoms with Crippen LogP contribution in [0.2, 0.25) is 5.02 Å². The van der Waals surface area contributed by atoms with Gasteiger partial charge in [0, 0.05) is 17.9 Å². The van der Waals surface area contributed by atoms with Crippen LogP contribution < -0.4 is 4.74 Å². The van der Waals surface area contributed by atoms with Gasteiger partial charge in [0.05, 0.1) is 17.6 Å². The van der Waals surface area contributed by atoms with E-state index in [0.717, 1.165) is 12.0 Å². The highest BCUT2D eigenvalue weighted by Crippen LogP contribution is 2.35. The molecule has 1 aromatic rings. The van der Waals surface area contributed by atoms with Gasteiger partial charge in [-0.25, -0.2) is 0 Å². The van der Waals surface area contributed by atoms with Crippen molar-refractivity contribution in [2.24, 2.45) is 5.41 Å². The molecule has 102 valence electrons. The van der Waals surface area contributed by atoms with Gasteiger partial charge in [0.1, 0.15) is 5.75 Å². The summed E-state index contributed by atoms with van der Waals surface area (Å²) in [5.74, 6) is -0.705. The van der Waals surface area contributed by atoms with Crippen LogP contribution in [0.1, 0.15) is 36.2 Å². The summed E-state index contributed by atoms with van der Waals surface area (Å²) >= 11 is 5.98. The molecule has 5 heteroatoms. The third kappa shape index (κ3) is 2.73. The summed E-state index contributed by atoms with van der Waals surface area (Å²) in [5.41, 5.74) is 0.184. The number of ether oxygens (including phenoxy) is 1. The molecule has 0 aromatic heterocycles. The molecule has 1 heterocycles. The molecule has 1 aromatic carbocycles. The highest BCUT2D eigenvalue weighted by Gasteiger charge is 2.32. The Hall–Kier alpha value is -1.55. The Morgan fingerprint density at radius 1 is 1.42 bits per heavy atom. The van der Waals surface area contributed by atoms with Gasteiger partial charge in [-0.3, -0.25) is 9.59 Å². The molecule has 19 heavy (non-hydrogen) atoms. The fourth-order valence-electron chi connectivity index (χ4n) is 2.05. The summed E-state index contributed by atoms with van der Waals surface area (Å²) in [6.45, 7) is 3.58. The maximum Gasteiger partial charge on any atom is 0.309 e. The molecule has 0 spiro atoms. The number of hydrogen-bond donors (Lipinski definition) is 1. The van der Waals surface area contributed by atoms with Gasteiger partial charge in [-0.2, -0.15) is 0 Å². The number of aliphatic carboxylic acids is 1. The van der Waals surface area contributed by atoms with Crippen LogP contribution in [0.5, 0.6) is 5.75 Å². The standard InChI is InChI=1S/C14H15ClO4/c1-14(2,13(17)18)7-11(16)10-6-9(15)5-8-3-4-19-12(8)10/h5-6H,3-4,7H2,1-2H3,(H,17,18). The van der Waals surface area contributed by atoms with Crippen LogP contribution in [0.4, 0.5) is 0 Å². The number of carbonyl (C=O) groups excluding carboxylic acids is 1. The Labute approximate surface area is 116 Å². The molecule has 4 nitrogen and oxygen atoms in total. The van der Waals surface area contributed by atoms with Crippen molar-refractivity contribution >= 4 is 23.4 Å². The lowest BCUT2D eigenvalue weighted by Gasteiger charge is -2.18. The molecule has 0 amide bonds. The molecule has 1 N–H and O–H groups in total. The number of Topliss-reactive ketones (excluding diaryl/α,β-unsaturated/α-hetero) is 1. The van der Waals surface area contributed by atoms with Crippen molar-refractivity contribution in [1.29, 1.82) is 0 Å². The summed E-state index contributed by atoms with van der Waals surface area (Å²) in [6.07, 6.45) is 0.636. The summed E-state index contributed by atoms with van der Waals surface area (Å²) < 4.78 is 5.45. The molecule has 1 aliphatic heterocycles. The quantitative estimate of drug-likeness (QED) is 0.863. The van der Waals surface area contributed by atoms with Crippen LogP contribution in [0.15, 0.2) is 12.1 Å². The highest BCUT2D eigenvalue weighted by molar-refractivity contribution is 6.31. The van der Waals surface area contributed by atoms with Crippen molar-refractivity contribution in [3.05, 3.63) is 28.3 Å². The summed E-state index contributed by atoms with van der Waals surface area (Å²) in [4.78, 5) is 23.4. The van der Waals surface area contributed by atoms with E-state index in [4.69, 9.17) is 21.4 Å². The third-order valence-corrected chi connectivity index (χ3v) is 3.45. The summed E-state index contributed by atoms with van der Waals surface area (Å²) in [6, 6.07) is 3.33. The number of carboxylic acid groups (broad SMARTS) is 1. The normalized spacial score (nSPS) is 13.8. The Morgan fingerprint density at radius 2 is 2.11 bits per heavy atom. The van der Waals surface area contributed by atoms with E-state index in [1.807, 2.05) is 0 Å². The van der Waals surface area contributed by atoms with E-state index in [0.29, 0.717) is 22.9 Å². The van der Waals surface area contributed by atoms with Gasteiger partial charge in [0.15, 0.2) is 5.78 Å². The lowest BCUT2D eigenvalue weighted by Crippen LogP contribution is -2.27. The van der Waals surface area contributed by atoms with E-state index in [1.54, 1.807) is 12.1 Å². The van der Waals surface area contributed by atoms with Crippen LogP contribution in [0.25, 0.3) is 0 Å². The summed E-state index contributed by atoms with van der Waals surface area (Å²) in [5, 5.41) is 9.55. The Kier molecular flexibility index (Phi) is 3.54. The van der Waals surface area contributed by atoms with Gasteiger partial charge in [-0.05, 0) is 31.5 Å². The van der Waals surface area contributed by atoms with Crippen molar-refractivity contribution in [2.45, 2.75) is 26.7 Å². The minimum absolute atomic E-state index is 0.0848. The molecule has 0 unspecified atom stereocenters. The van der Waals surface area contributed by atoms with E-state index < -0.39 is 11.4 Å². The van der Waals surface area contributed by atoms with Crippen LogP contribution in [-0.2, 0) is 11.2 Å². The topological polar surface area (TPSA) is 63.6 Å².